The first-order valence-electron chi connectivity index (χ1n) is 8.74. The quantitative estimate of drug-likeness (QED) is 0.411. The first kappa shape index (κ1) is 22.8. The second-order valence-electron chi connectivity index (χ2n) is 6.20. The fourth-order valence-corrected chi connectivity index (χ4v) is 2.62. The molecule has 10 nitrogen and oxygen atoms in total. The van der Waals surface area contributed by atoms with Crippen molar-refractivity contribution in [3.63, 3.8) is 0 Å². The lowest BCUT2D eigenvalue weighted by atomic mass is 10.2. The van der Waals surface area contributed by atoms with Gasteiger partial charge < -0.3 is 10.1 Å². The third-order valence-electron chi connectivity index (χ3n) is 3.85. The summed E-state index contributed by atoms with van der Waals surface area (Å²) in [5.41, 5.74) is 4.20. The summed E-state index contributed by atoms with van der Waals surface area (Å²) in [7, 11) is 0. The molecule has 158 valence electrons. The molecule has 3 amide bonds. The number of halogens is 1. The Hall–Kier alpha value is -3.47. The van der Waals surface area contributed by atoms with E-state index in [1.807, 2.05) is 0 Å². The Morgan fingerprint density at radius 1 is 1.03 bits per heavy atom. The van der Waals surface area contributed by atoms with Crippen molar-refractivity contribution in [1.29, 1.82) is 0 Å². The van der Waals surface area contributed by atoms with E-state index >= 15 is 0 Å². The number of hydrogen-bond acceptors (Lipinski definition) is 6. The van der Waals surface area contributed by atoms with Crippen LogP contribution in [0.2, 0.25) is 0 Å². The van der Waals surface area contributed by atoms with Crippen molar-refractivity contribution in [3.05, 3.63) is 68.7 Å². The first-order chi connectivity index (χ1) is 14.2. The summed E-state index contributed by atoms with van der Waals surface area (Å²) in [6.07, 6.45) is -0.894. The van der Waals surface area contributed by atoms with Gasteiger partial charge in [0.2, 0.25) is 0 Å². The molecule has 3 N–H and O–H groups in total. The van der Waals surface area contributed by atoms with Crippen molar-refractivity contribution < 1.29 is 24.0 Å². The Morgan fingerprint density at radius 2 is 1.70 bits per heavy atom. The first-order valence-corrected chi connectivity index (χ1v) is 9.54. The van der Waals surface area contributed by atoms with Gasteiger partial charge >= 0.3 is 0 Å². The van der Waals surface area contributed by atoms with E-state index in [9.17, 15) is 24.5 Å². The summed E-state index contributed by atoms with van der Waals surface area (Å²) >= 11 is 3.30. The predicted octanol–water partition coefficient (Wildman–Crippen LogP) is 2.09. The molecule has 2 aromatic rings. The van der Waals surface area contributed by atoms with Crippen LogP contribution in [0, 0.1) is 10.1 Å². The number of benzene rings is 2. The molecule has 0 saturated carbocycles. The van der Waals surface area contributed by atoms with E-state index in [4.69, 9.17) is 4.74 Å². The monoisotopic (exact) mass is 478 g/mol. The molecule has 0 aliphatic carbocycles. The van der Waals surface area contributed by atoms with Crippen LogP contribution in [0.4, 0.5) is 5.69 Å². The molecule has 0 radical (unpaired) electrons. The van der Waals surface area contributed by atoms with Gasteiger partial charge in [-0.1, -0.05) is 28.1 Å². The minimum absolute atomic E-state index is 0.0314. The Bertz CT molecular complexity index is 968. The fourth-order valence-electron chi connectivity index (χ4n) is 2.24. The van der Waals surface area contributed by atoms with E-state index in [0.29, 0.717) is 5.75 Å². The molecule has 0 fully saturated rings. The molecular weight excluding hydrogens is 460 g/mol. The van der Waals surface area contributed by atoms with E-state index in [1.165, 1.54) is 32.0 Å². The zero-order valence-electron chi connectivity index (χ0n) is 16.0. The van der Waals surface area contributed by atoms with Crippen molar-refractivity contribution in [2.75, 3.05) is 0 Å². The second-order valence-corrected chi connectivity index (χ2v) is 7.11. The average molecular weight is 479 g/mol. The van der Waals surface area contributed by atoms with E-state index in [0.717, 1.165) is 10.5 Å². The molecule has 0 saturated heterocycles. The molecule has 11 heteroatoms. The van der Waals surface area contributed by atoms with Gasteiger partial charge in [0.15, 0.2) is 6.10 Å². The van der Waals surface area contributed by atoms with Gasteiger partial charge in [-0.15, -0.1) is 0 Å². The summed E-state index contributed by atoms with van der Waals surface area (Å²) in [5, 5.41) is 13.2. The molecule has 30 heavy (non-hydrogen) atoms. The zero-order chi connectivity index (χ0) is 22.3. The smallest absolute Gasteiger partial charge is 0.279 e. The molecule has 0 aliphatic heterocycles. The lowest BCUT2D eigenvalue weighted by Crippen LogP contribution is -2.53. The van der Waals surface area contributed by atoms with Crippen molar-refractivity contribution >= 4 is 39.3 Å². The van der Waals surface area contributed by atoms with E-state index < -0.39 is 34.8 Å². The zero-order valence-corrected chi connectivity index (χ0v) is 17.6. The van der Waals surface area contributed by atoms with Gasteiger partial charge in [-0.3, -0.25) is 35.3 Å². The van der Waals surface area contributed by atoms with Crippen LogP contribution in [0.3, 0.4) is 0 Å². The van der Waals surface area contributed by atoms with Crippen molar-refractivity contribution in [3.8, 4) is 5.75 Å². The highest BCUT2D eigenvalue weighted by molar-refractivity contribution is 9.10. The van der Waals surface area contributed by atoms with Crippen LogP contribution in [-0.4, -0.2) is 34.8 Å². The van der Waals surface area contributed by atoms with Gasteiger partial charge in [-0.25, -0.2) is 0 Å². The molecular formula is C19H19BrN4O6. The van der Waals surface area contributed by atoms with Crippen LogP contribution >= 0.6 is 15.9 Å². The predicted molar refractivity (Wildman–Crippen MR) is 111 cm³/mol. The summed E-state index contributed by atoms with van der Waals surface area (Å²) < 4.78 is 6.27. The minimum Gasteiger partial charge on any atom is -0.481 e. The fraction of sp³-hybridized carbons (Fsp3) is 0.211. The number of carbonyl (C=O) groups excluding carboxylic acids is 3. The van der Waals surface area contributed by atoms with Gasteiger partial charge in [-0.2, -0.15) is 0 Å². The average Bonchev–Trinajstić information content (AvgIpc) is 2.71. The Labute approximate surface area is 180 Å². The molecule has 2 atom stereocenters. The number of amides is 3. The largest absolute Gasteiger partial charge is 0.481 e. The third kappa shape index (κ3) is 6.55. The number of hydrazine groups is 1. The van der Waals surface area contributed by atoms with Crippen LogP contribution < -0.4 is 20.9 Å². The SMILES string of the molecule is CC(NC(=O)c1cccc([N+](=O)[O-])c1)C(=O)NNC(=O)C(C)Oc1cccc(Br)c1. The van der Waals surface area contributed by atoms with Gasteiger partial charge in [0.05, 0.1) is 4.92 Å². The maximum Gasteiger partial charge on any atom is 0.279 e. The molecule has 0 aliphatic rings. The third-order valence-corrected chi connectivity index (χ3v) is 4.34. The van der Waals surface area contributed by atoms with Gasteiger partial charge in [0, 0.05) is 22.2 Å². The summed E-state index contributed by atoms with van der Waals surface area (Å²) in [6.45, 7) is 2.91. The number of nitro groups is 1. The number of hydrogen-bond donors (Lipinski definition) is 3. The van der Waals surface area contributed by atoms with Gasteiger partial charge in [0.1, 0.15) is 11.8 Å². The van der Waals surface area contributed by atoms with Crippen LogP contribution in [0.1, 0.15) is 24.2 Å². The van der Waals surface area contributed by atoms with Gasteiger partial charge in [0.25, 0.3) is 23.4 Å². The summed E-state index contributed by atoms with van der Waals surface area (Å²) in [4.78, 5) is 46.6. The highest BCUT2D eigenvalue weighted by atomic mass is 79.9. The van der Waals surface area contributed by atoms with E-state index in [2.05, 4.69) is 32.1 Å². The van der Waals surface area contributed by atoms with Crippen molar-refractivity contribution in [1.82, 2.24) is 16.2 Å². The summed E-state index contributed by atoms with van der Waals surface area (Å²) in [6, 6.07) is 11.0. The lowest BCUT2D eigenvalue weighted by molar-refractivity contribution is -0.384. The minimum atomic E-state index is -1.02. The second kappa shape index (κ2) is 10.3. The normalized spacial score (nSPS) is 12.2. The topological polar surface area (TPSA) is 140 Å². The lowest BCUT2D eigenvalue weighted by Gasteiger charge is -2.17. The van der Waals surface area contributed by atoms with Crippen molar-refractivity contribution in [2.45, 2.75) is 26.0 Å². The number of carbonyl (C=O) groups is 3. The standard InChI is InChI=1S/C19H19BrN4O6/c1-11(21-19(27)13-5-3-7-15(9-13)24(28)29)17(25)22-23-18(26)12(2)30-16-8-4-6-14(20)10-16/h3-12H,1-2H3,(H,21,27)(H,22,25)(H,23,26). The number of non-ortho nitro benzene ring substituents is 1. The molecule has 0 aromatic heterocycles. The highest BCUT2D eigenvalue weighted by Gasteiger charge is 2.20. The number of ether oxygens (including phenoxy) is 1. The Kier molecular flexibility index (Phi) is 7.87. The van der Waals surface area contributed by atoms with Crippen LogP contribution in [0.15, 0.2) is 53.0 Å². The molecule has 2 rings (SSSR count). The number of nitrogens with one attached hydrogen (secondary N) is 3. The van der Waals surface area contributed by atoms with Crippen molar-refractivity contribution in [2.24, 2.45) is 0 Å². The molecule has 0 spiro atoms. The number of rotatable bonds is 7. The number of nitrogens with zero attached hydrogens (tertiary/aromatic N) is 1. The Balaban J connectivity index is 1.84. The Morgan fingerprint density at radius 3 is 2.37 bits per heavy atom. The van der Waals surface area contributed by atoms with Crippen LogP contribution in [0.5, 0.6) is 5.75 Å². The van der Waals surface area contributed by atoms with Crippen LogP contribution in [0.25, 0.3) is 0 Å². The van der Waals surface area contributed by atoms with Crippen LogP contribution in [-0.2, 0) is 9.59 Å². The molecule has 2 unspecified atom stereocenters. The molecule has 2 aromatic carbocycles. The summed E-state index contributed by atoms with van der Waals surface area (Å²) in [5.74, 6) is -1.48. The molecule has 0 bridgehead atoms. The van der Waals surface area contributed by atoms with E-state index in [-0.39, 0.29) is 11.3 Å². The maximum absolute atomic E-state index is 12.2. The van der Waals surface area contributed by atoms with Gasteiger partial charge in [-0.05, 0) is 38.1 Å². The molecule has 0 heterocycles. The number of nitro benzene ring substituents is 1. The highest BCUT2D eigenvalue weighted by Crippen LogP contribution is 2.18. The maximum atomic E-state index is 12.2. The van der Waals surface area contributed by atoms with E-state index in [1.54, 1.807) is 24.3 Å².